The third-order valence-corrected chi connectivity index (χ3v) is 3.57. The van der Waals surface area contributed by atoms with E-state index in [0.29, 0.717) is 11.5 Å². The van der Waals surface area contributed by atoms with Crippen LogP contribution in [0.2, 0.25) is 0 Å². The van der Waals surface area contributed by atoms with Gasteiger partial charge in [0.2, 0.25) is 5.91 Å². The topological polar surface area (TPSA) is 29.1 Å². The molecule has 86 valence electrons. The average molecular weight is 209 g/mol. The van der Waals surface area contributed by atoms with Gasteiger partial charge in [-0.15, -0.1) is 6.58 Å². The monoisotopic (exact) mass is 209 g/mol. The van der Waals surface area contributed by atoms with Gasteiger partial charge < -0.3 is 5.32 Å². The quantitative estimate of drug-likeness (QED) is 0.708. The smallest absolute Gasteiger partial charge is 0.217 e. The van der Waals surface area contributed by atoms with Gasteiger partial charge in [-0.2, -0.15) is 0 Å². The molecule has 0 atom stereocenters. The van der Waals surface area contributed by atoms with Crippen molar-refractivity contribution in [3.63, 3.8) is 0 Å². The lowest BCUT2D eigenvalue weighted by molar-refractivity contribution is -0.120. The van der Waals surface area contributed by atoms with Crippen molar-refractivity contribution in [1.82, 2.24) is 5.32 Å². The molecule has 0 aromatic heterocycles. The Morgan fingerprint density at radius 2 is 2.13 bits per heavy atom. The molecule has 2 heteroatoms. The molecule has 1 N–H and O–H groups in total. The lowest BCUT2D eigenvalue weighted by Gasteiger charge is -2.38. The molecule has 1 saturated carbocycles. The Bertz CT molecular complexity index is 227. The first-order valence-electron chi connectivity index (χ1n) is 6.02. The van der Waals surface area contributed by atoms with Gasteiger partial charge >= 0.3 is 0 Å². The van der Waals surface area contributed by atoms with E-state index in [1.165, 1.54) is 25.7 Å². The van der Waals surface area contributed by atoms with Gasteiger partial charge in [0.1, 0.15) is 0 Å². The van der Waals surface area contributed by atoms with Crippen LogP contribution in [0.5, 0.6) is 0 Å². The highest BCUT2D eigenvalue weighted by molar-refractivity contribution is 5.73. The molecule has 0 radical (unpaired) electrons. The number of amides is 1. The zero-order valence-electron chi connectivity index (χ0n) is 10.0. The van der Waals surface area contributed by atoms with Crippen molar-refractivity contribution in [2.24, 2.45) is 5.41 Å². The fourth-order valence-corrected chi connectivity index (χ4v) is 2.68. The molecule has 1 fully saturated rings. The van der Waals surface area contributed by atoms with Gasteiger partial charge in [0.15, 0.2) is 0 Å². The van der Waals surface area contributed by atoms with Gasteiger partial charge in [0, 0.05) is 13.0 Å². The molecule has 0 aromatic rings. The molecule has 0 heterocycles. The van der Waals surface area contributed by atoms with Crippen molar-refractivity contribution in [3.05, 3.63) is 12.7 Å². The number of hydrogen-bond donors (Lipinski definition) is 1. The summed E-state index contributed by atoms with van der Waals surface area (Å²) in [6.07, 6.45) is 9.16. The van der Waals surface area contributed by atoms with E-state index in [9.17, 15) is 4.79 Å². The predicted octanol–water partition coefficient (Wildman–Crippen LogP) is 3.04. The minimum absolute atomic E-state index is 0.0987. The zero-order valence-corrected chi connectivity index (χ0v) is 10.0. The molecular formula is C13H23NO. The molecular weight excluding hydrogens is 186 g/mol. The van der Waals surface area contributed by atoms with Gasteiger partial charge in [-0.1, -0.05) is 19.4 Å². The van der Waals surface area contributed by atoms with E-state index >= 15 is 0 Å². The second-order valence-corrected chi connectivity index (χ2v) is 4.79. The van der Waals surface area contributed by atoms with Gasteiger partial charge in [0.25, 0.3) is 0 Å². The molecule has 0 spiro atoms. The van der Waals surface area contributed by atoms with Crippen LogP contribution in [0.1, 0.15) is 52.4 Å². The number of carbonyl (C=O) groups excluding carboxylic acids is 1. The Kier molecular flexibility index (Phi) is 4.37. The maximum absolute atomic E-state index is 10.9. The second kappa shape index (κ2) is 5.34. The first-order chi connectivity index (χ1) is 7.12. The molecule has 0 aliphatic heterocycles. The van der Waals surface area contributed by atoms with Crippen molar-refractivity contribution < 1.29 is 4.79 Å². The molecule has 2 nitrogen and oxygen atoms in total. The minimum Gasteiger partial charge on any atom is -0.354 e. The first kappa shape index (κ1) is 12.3. The van der Waals surface area contributed by atoms with E-state index in [-0.39, 0.29) is 5.91 Å². The van der Waals surface area contributed by atoms with E-state index in [1.54, 1.807) is 6.92 Å². The molecule has 0 saturated heterocycles. The van der Waals surface area contributed by atoms with Crippen LogP contribution < -0.4 is 5.32 Å². The molecule has 1 aliphatic rings. The van der Waals surface area contributed by atoms with E-state index in [1.807, 2.05) is 0 Å². The molecule has 0 unspecified atom stereocenters. The molecule has 0 bridgehead atoms. The van der Waals surface area contributed by atoms with Crippen LogP contribution in [0.15, 0.2) is 12.7 Å². The van der Waals surface area contributed by atoms with Crippen molar-refractivity contribution >= 4 is 5.91 Å². The second-order valence-electron chi connectivity index (χ2n) is 4.79. The van der Waals surface area contributed by atoms with Crippen molar-refractivity contribution in [2.45, 2.75) is 58.4 Å². The van der Waals surface area contributed by atoms with E-state index in [4.69, 9.17) is 0 Å². The van der Waals surface area contributed by atoms with Gasteiger partial charge in [-0.3, -0.25) is 4.79 Å². The fourth-order valence-electron chi connectivity index (χ4n) is 2.68. The Labute approximate surface area is 93.1 Å². The summed E-state index contributed by atoms with van der Waals surface area (Å²) in [7, 11) is 0. The van der Waals surface area contributed by atoms with E-state index in [0.717, 1.165) is 12.8 Å². The van der Waals surface area contributed by atoms with Gasteiger partial charge in [-0.25, -0.2) is 0 Å². The summed E-state index contributed by atoms with van der Waals surface area (Å²) in [4.78, 5) is 10.9. The Hall–Kier alpha value is -0.790. The summed E-state index contributed by atoms with van der Waals surface area (Å²) in [6, 6.07) is 0.396. The average Bonchev–Trinajstić information content (AvgIpc) is 2.21. The lowest BCUT2D eigenvalue weighted by Crippen LogP contribution is -2.39. The third-order valence-electron chi connectivity index (χ3n) is 3.57. The largest absolute Gasteiger partial charge is 0.354 e. The summed E-state index contributed by atoms with van der Waals surface area (Å²) < 4.78 is 0. The Morgan fingerprint density at radius 3 is 2.53 bits per heavy atom. The minimum atomic E-state index is 0.0987. The molecule has 0 aromatic carbocycles. The molecule has 1 aliphatic carbocycles. The highest BCUT2D eigenvalue weighted by atomic mass is 16.1. The van der Waals surface area contributed by atoms with Gasteiger partial charge in [0.05, 0.1) is 0 Å². The predicted molar refractivity (Wildman–Crippen MR) is 63.6 cm³/mol. The SMILES string of the molecule is C=CC1(CCC)CCC(NC(C)=O)CC1. The number of hydrogen-bond acceptors (Lipinski definition) is 1. The maximum atomic E-state index is 10.9. The number of carbonyl (C=O) groups is 1. The first-order valence-corrected chi connectivity index (χ1v) is 6.02. The molecule has 1 rings (SSSR count). The normalized spacial score (nSPS) is 30.9. The highest BCUT2D eigenvalue weighted by Crippen LogP contribution is 2.41. The van der Waals surface area contributed by atoms with Crippen LogP contribution in [-0.4, -0.2) is 11.9 Å². The van der Waals surface area contributed by atoms with E-state index < -0.39 is 0 Å². The van der Waals surface area contributed by atoms with Crippen molar-refractivity contribution in [3.8, 4) is 0 Å². The number of rotatable bonds is 4. The lowest BCUT2D eigenvalue weighted by atomic mass is 9.70. The van der Waals surface area contributed by atoms with Crippen LogP contribution >= 0.6 is 0 Å². The van der Waals surface area contributed by atoms with Gasteiger partial charge in [-0.05, 0) is 37.5 Å². The summed E-state index contributed by atoms with van der Waals surface area (Å²) in [5, 5.41) is 3.01. The van der Waals surface area contributed by atoms with Crippen LogP contribution in [-0.2, 0) is 4.79 Å². The summed E-state index contributed by atoms with van der Waals surface area (Å²) in [6.45, 7) is 7.80. The summed E-state index contributed by atoms with van der Waals surface area (Å²) in [5.41, 5.74) is 0.351. The highest BCUT2D eigenvalue weighted by Gasteiger charge is 2.31. The summed E-state index contributed by atoms with van der Waals surface area (Å²) in [5.74, 6) is 0.0987. The standard InChI is InChI=1S/C13H23NO/c1-4-8-13(5-2)9-6-12(7-10-13)14-11(3)15/h5,12H,2,4,6-10H2,1,3H3,(H,14,15). The van der Waals surface area contributed by atoms with Crippen LogP contribution in [0.3, 0.4) is 0 Å². The third kappa shape index (κ3) is 3.37. The zero-order chi connectivity index (χ0) is 11.3. The number of nitrogens with one attached hydrogen (secondary N) is 1. The van der Waals surface area contributed by atoms with Crippen LogP contribution in [0.4, 0.5) is 0 Å². The van der Waals surface area contributed by atoms with Crippen LogP contribution in [0, 0.1) is 5.41 Å². The fraction of sp³-hybridized carbons (Fsp3) is 0.769. The van der Waals surface area contributed by atoms with E-state index in [2.05, 4.69) is 24.9 Å². The molecule has 15 heavy (non-hydrogen) atoms. The number of allylic oxidation sites excluding steroid dienone is 1. The summed E-state index contributed by atoms with van der Waals surface area (Å²) >= 11 is 0. The Morgan fingerprint density at radius 1 is 1.53 bits per heavy atom. The van der Waals surface area contributed by atoms with Crippen molar-refractivity contribution in [2.75, 3.05) is 0 Å². The maximum Gasteiger partial charge on any atom is 0.217 e. The molecule has 1 amide bonds. The van der Waals surface area contributed by atoms with Crippen molar-refractivity contribution in [1.29, 1.82) is 0 Å². The Balaban J connectivity index is 2.45. The van der Waals surface area contributed by atoms with Crippen LogP contribution in [0.25, 0.3) is 0 Å².